The van der Waals surface area contributed by atoms with E-state index in [0.717, 1.165) is 12.3 Å². The summed E-state index contributed by atoms with van der Waals surface area (Å²) in [5.74, 6) is 0.996. The minimum absolute atomic E-state index is 0.153. The van der Waals surface area contributed by atoms with Gasteiger partial charge in [-0.2, -0.15) is 0 Å². The Morgan fingerprint density at radius 2 is 1.82 bits per heavy atom. The van der Waals surface area contributed by atoms with Crippen LogP contribution in [-0.2, 0) is 6.42 Å². The maximum Gasteiger partial charge on any atom is 0.0730 e. The highest BCUT2D eigenvalue weighted by molar-refractivity contribution is 5.15. The van der Waals surface area contributed by atoms with Crippen molar-refractivity contribution in [2.24, 2.45) is 5.92 Å². The normalized spacial score (nSPS) is 23.4. The second kappa shape index (κ2) is 7.58. The van der Waals surface area contributed by atoms with E-state index in [1.165, 1.54) is 50.9 Å². The van der Waals surface area contributed by atoms with Crippen LogP contribution < -0.4 is 5.32 Å². The Balaban J connectivity index is 1.38. The number of nitrogens with zero attached hydrogens (tertiary/aromatic N) is 1. The van der Waals surface area contributed by atoms with Crippen molar-refractivity contribution in [2.75, 3.05) is 19.6 Å². The second-order valence-electron chi connectivity index (χ2n) is 7.23. The van der Waals surface area contributed by atoms with Gasteiger partial charge in [0, 0.05) is 18.6 Å². The molecule has 122 valence electrons. The largest absolute Gasteiger partial charge is 0.391 e. The van der Waals surface area contributed by atoms with Crippen LogP contribution in [0.1, 0.15) is 38.2 Å². The summed E-state index contributed by atoms with van der Waals surface area (Å²) in [6, 6.07) is 11.0. The molecule has 1 aliphatic heterocycles. The second-order valence-corrected chi connectivity index (χ2v) is 7.23. The van der Waals surface area contributed by atoms with Crippen LogP contribution in [0.5, 0.6) is 0 Å². The summed E-state index contributed by atoms with van der Waals surface area (Å²) in [7, 11) is 0. The molecule has 1 aromatic rings. The number of aliphatic hydroxyl groups is 1. The summed E-state index contributed by atoms with van der Waals surface area (Å²) in [5, 5.41) is 14.1. The van der Waals surface area contributed by atoms with E-state index in [-0.39, 0.29) is 12.1 Å². The fraction of sp³-hybridized carbons (Fsp3) is 0.684. The van der Waals surface area contributed by atoms with Crippen molar-refractivity contribution < 1.29 is 5.11 Å². The van der Waals surface area contributed by atoms with Crippen LogP contribution >= 0.6 is 0 Å². The van der Waals surface area contributed by atoms with Gasteiger partial charge in [0.05, 0.1) is 6.10 Å². The Labute approximate surface area is 134 Å². The van der Waals surface area contributed by atoms with E-state index in [2.05, 4.69) is 29.3 Å². The lowest BCUT2D eigenvalue weighted by molar-refractivity contribution is 0.114. The van der Waals surface area contributed by atoms with Crippen molar-refractivity contribution in [3.8, 4) is 0 Å². The van der Waals surface area contributed by atoms with Gasteiger partial charge < -0.3 is 15.3 Å². The first-order valence-electron chi connectivity index (χ1n) is 8.91. The number of hydrogen-bond acceptors (Lipinski definition) is 3. The molecule has 22 heavy (non-hydrogen) atoms. The van der Waals surface area contributed by atoms with Gasteiger partial charge in [-0.05, 0) is 63.6 Å². The fourth-order valence-electron chi connectivity index (χ4n) is 3.46. The minimum Gasteiger partial charge on any atom is -0.391 e. The Morgan fingerprint density at radius 1 is 1.14 bits per heavy atom. The summed E-state index contributed by atoms with van der Waals surface area (Å²) in [5.41, 5.74) is 1.21. The first-order valence-corrected chi connectivity index (χ1v) is 8.91. The van der Waals surface area contributed by atoms with Crippen molar-refractivity contribution in [2.45, 2.75) is 57.2 Å². The van der Waals surface area contributed by atoms with Gasteiger partial charge in [0.15, 0.2) is 0 Å². The first-order chi connectivity index (χ1) is 10.7. The molecule has 1 aliphatic carbocycles. The number of hydrogen-bond donors (Lipinski definition) is 2. The molecular formula is C19H30N2O. The third-order valence-electron chi connectivity index (χ3n) is 5.16. The van der Waals surface area contributed by atoms with E-state index >= 15 is 0 Å². The number of aliphatic hydroxyl groups excluding tert-OH is 1. The average molecular weight is 302 g/mol. The average Bonchev–Trinajstić information content (AvgIpc) is 3.34. The van der Waals surface area contributed by atoms with Crippen LogP contribution in [0.2, 0.25) is 0 Å². The van der Waals surface area contributed by atoms with E-state index < -0.39 is 0 Å². The maximum absolute atomic E-state index is 10.4. The molecule has 1 aromatic carbocycles. The number of nitrogens with one attached hydrogen (secondary N) is 1. The van der Waals surface area contributed by atoms with Gasteiger partial charge in [-0.25, -0.2) is 0 Å². The van der Waals surface area contributed by atoms with Crippen LogP contribution in [-0.4, -0.2) is 47.8 Å². The Bertz CT molecular complexity index is 438. The van der Waals surface area contributed by atoms with E-state index in [4.69, 9.17) is 0 Å². The molecule has 2 unspecified atom stereocenters. The molecule has 3 nitrogen and oxygen atoms in total. The van der Waals surface area contributed by atoms with Crippen molar-refractivity contribution in [3.63, 3.8) is 0 Å². The zero-order valence-electron chi connectivity index (χ0n) is 13.7. The molecular weight excluding hydrogens is 272 g/mol. The molecule has 2 fully saturated rings. The predicted molar refractivity (Wildman–Crippen MR) is 90.9 cm³/mol. The highest BCUT2D eigenvalue weighted by Crippen LogP contribution is 2.30. The van der Waals surface area contributed by atoms with Crippen molar-refractivity contribution >= 4 is 0 Å². The van der Waals surface area contributed by atoms with E-state index in [1.54, 1.807) is 0 Å². The summed E-state index contributed by atoms with van der Waals surface area (Å²) in [6.07, 6.45) is 5.74. The van der Waals surface area contributed by atoms with Crippen LogP contribution in [0.25, 0.3) is 0 Å². The number of rotatable bonds is 7. The topological polar surface area (TPSA) is 35.5 Å². The van der Waals surface area contributed by atoms with Gasteiger partial charge in [-0.15, -0.1) is 0 Å². The van der Waals surface area contributed by atoms with Gasteiger partial charge in [0.25, 0.3) is 0 Å². The van der Waals surface area contributed by atoms with E-state index in [9.17, 15) is 5.11 Å². The zero-order valence-corrected chi connectivity index (χ0v) is 13.7. The molecule has 1 saturated carbocycles. The molecule has 0 radical (unpaired) electrons. The molecule has 3 rings (SSSR count). The lowest BCUT2D eigenvalue weighted by Crippen LogP contribution is -2.49. The molecule has 2 aliphatic rings. The summed E-state index contributed by atoms with van der Waals surface area (Å²) in [4.78, 5) is 2.63. The maximum atomic E-state index is 10.4. The molecule has 0 amide bonds. The standard InChI is InChI=1S/C19H30N2O/c1-15(19(22)13-16-5-3-2-4-6-16)20-18-9-11-21(12-10-18)14-17-7-8-17/h2-6,15,17-20,22H,7-14H2,1H3. The lowest BCUT2D eigenvalue weighted by atomic mass is 9.99. The molecule has 3 heteroatoms. The number of benzene rings is 1. The predicted octanol–water partition coefficient (Wildman–Crippen LogP) is 2.44. The number of piperidine rings is 1. The van der Waals surface area contributed by atoms with E-state index in [0.29, 0.717) is 6.04 Å². The Morgan fingerprint density at radius 3 is 2.45 bits per heavy atom. The van der Waals surface area contributed by atoms with Gasteiger partial charge in [0.1, 0.15) is 0 Å². The van der Waals surface area contributed by atoms with Crippen LogP contribution in [0.15, 0.2) is 30.3 Å². The van der Waals surface area contributed by atoms with Crippen LogP contribution in [0.4, 0.5) is 0 Å². The third kappa shape index (κ3) is 4.80. The van der Waals surface area contributed by atoms with Gasteiger partial charge in [-0.3, -0.25) is 0 Å². The minimum atomic E-state index is -0.313. The quantitative estimate of drug-likeness (QED) is 0.812. The lowest BCUT2D eigenvalue weighted by Gasteiger charge is -2.35. The zero-order chi connectivity index (χ0) is 15.4. The molecule has 0 aromatic heterocycles. The molecule has 1 heterocycles. The Hall–Kier alpha value is -0.900. The van der Waals surface area contributed by atoms with Gasteiger partial charge in [0.2, 0.25) is 0 Å². The highest BCUT2D eigenvalue weighted by Gasteiger charge is 2.28. The van der Waals surface area contributed by atoms with Crippen molar-refractivity contribution in [3.05, 3.63) is 35.9 Å². The van der Waals surface area contributed by atoms with Crippen LogP contribution in [0, 0.1) is 5.92 Å². The van der Waals surface area contributed by atoms with E-state index in [1.807, 2.05) is 18.2 Å². The fourth-order valence-corrected chi connectivity index (χ4v) is 3.46. The molecule has 2 atom stereocenters. The molecule has 0 bridgehead atoms. The summed E-state index contributed by atoms with van der Waals surface area (Å²) < 4.78 is 0. The number of likely N-dealkylation sites (tertiary alicyclic amines) is 1. The van der Waals surface area contributed by atoms with Gasteiger partial charge >= 0.3 is 0 Å². The third-order valence-corrected chi connectivity index (χ3v) is 5.16. The highest BCUT2D eigenvalue weighted by atomic mass is 16.3. The summed E-state index contributed by atoms with van der Waals surface area (Å²) in [6.45, 7) is 5.87. The Kier molecular flexibility index (Phi) is 5.51. The molecule has 0 spiro atoms. The van der Waals surface area contributed by atoms with Crippen LogP contribution in [0.3, 0.4) is 0 Å². The summed E-state index contributed by atoms with van der Waals surface area (Å²) >= 11 is 0. The monoisotopic (exact) mass is 302 g/mol. The first kappa shape index (κ1) is 16.0. The SMILES string of the molecule is CC(NC1CCN(CC2CC2)CC1)C(O)Cc1ccccc1. The smallest absolute Gasteiger partial charge is 0.0730 e. The van der Waals surface area contributed by atoms with Crippen molar-refractivity contribution in [1.29, 1.82) is 0 Å². The molecule has 2 N–H and O–H groups in total. The van der Waals surface area contributed by atoms with Crippen molar-refractivity contribution in [1.82, 2.24) is 10.2 Å². The van der Waals surface area contributed by atoms with Gasteiger partial charge in [-0.1, -0.05) is 30.3 Å². The molecule has 1 saturated heterocycles.